The number of carbonyl (C=O) groups excluding carboxylic acids is 1. The number of ether oxygens (including phenoxy) is 1. The van der Waals surface area contributed by atoms with Crippen LogP contribution in [-0.2, 0) is 4.79 Å². The molecular formula is C16H14BrN3O4. The molecule has 0 aliphatic carbocycles. The van der Waals surface area contributed by atoms with Crippen molar-refractivity contribution in [3.8, 4) is 5.75 Å². The van der Waals surface area contributed by atoms with Gasteiger partial charge in [-0.25, -0.2) is 5.43 Å². The van der Waals surface area contributed by atoms with Gasteiger partial charge in [0.2, 0.25) is 0 Å². The zero-order valence-corrected chi connectivity index (χ0v) is 14.3. The minimum absolute atomic E-state index is 0.0859. The molecule has 0 saturated carbocycles. The number of aryl methyl sites for hydroxylation is 1. The zero-order chi connectivity index (χ0) is 17.5. The zero-order valence-electron chi connectivity index (χ0n) is 12.7. The number of hydrogen-bond acceptors (Lipinski definition) is 5. The Bertz CT molecular complexity index is 793. The average Bonchev–Trinajstić information content (AvgIpc) is 2.54. The van der Waals surface area contributed by atoms with Crippen LogP contribution in [0.4, 0.5) is 5.69 Å². The predicted molar refractivity (Wildman–Crippen MR) is 93.2 cm³/mol. The first-order chi connectivity index (χ1) is 11.5. The van der Waals surface area contributed by atoms with Crippen molar-refractivity contribution in [2.75, 3.05) is 6.61 Å². The van der Waals surface area contributed by atoms with Gasteiger partial charge in [-0.1, -0.05) is 28.1 Å². The van der Waals surface area contributed by atoms with Crippen LogP contribution in [-0.4, -0.2) is 23.7 Å². The van der Waals surface area contributed by atoms with Crippen LogP contribution in [0.25, 0.3) is 0 Å². The molecule has 2 rings (SSSR count). The largest absolute Gasteiger partial charge is 0.483 e. The summed E-state index contributed by atoms with van der Waals surface area (Å²) < 4.78 is 6.33. The summed E-state index contributed by atoms with van der Waals surface area (Å²) in [5.74, 6) is 0.128. The third-order valence-electron chi connectivity index (χ3n) is 3.02. The number of hydrazone groups is 1. The Hall–Kier alpha value is -2.74. The number of nitro benzene ring substituents is 1. The number of rotatable bonds is 6. The molecule has 2 aromatic carbocycles. The lowest BCUT2D eigenvalue weighted by Gasteiger charge is -2.08. The molecule has 0 aliphatic rings. The molecule has 24 heavy (non-hydrogen) atoms. The topological polar surface area (TPSA) is 93.8 Å². The van der Waals surface area contributed by atoms with E-state index in [-0.39, 0.29) is 12.3 Å². The van der Waals surface area contributed by atoms with E-state index in [0.717, 1.165) is 10.0 Å². The molecule has 0 radical (unpaired) electrons. The molecule has 1 N–H and O–H groups in total. The van der Waals surface area contributed by atoms with Crippen molar-refractivity contribution < 1.29 is 14.5 Å². The lowest BCUT2D eigenvalue weighted by atomic mass is 10.2. The highest BCUT2D eigenvalue weighted by molar-refractivity contribution is 9.10. The Morgan fingerprint density at radius 2 is 2.12 bits per heavy atom. The number of nitrogens with zero attached hydrogens (tertiary/aromatic N) is 2. The summed E-state index contributed by atoms with van der Waals surface area (Å²) in [6.45, 7) is 1.65. The maximum atomic E-state index is 11.7. The second-order valence-corrected chi connectivity index (χ2v) is 5.72. The van der Waals surface area contributed by atoms with Crippen LogP contribution in [0.1, 0.15) is 11.1 Å². The van der Waals surface area contributed by atoms with E-state index in [0.29, 0.717) is 11.3 Å². The number of para-hydroxylation sites is 1. The summed E-state index contributed by atoms with van der Waals surface area (Å²) in [7, 11) is 0. The monoisotopic (exact) mass is 391 g/mol. The van der Waals surface area contributed by atoms with E-state index in [1.807, 2.05) is 19.1 Å². The van der Waals surface area contributed by atoms with Crippen LogP contribution in [0.3, 0.4) is 0 Å². The van der Waals surface area contributed by atoms with Gasteiger partial charge in [-0.05, 0) is 36.8 Å². The van der Waals surface area contributed by atoms with E-state index < -0.39 is 10.8 Å². The van der Waals surface area contributed by atoms with E-state index in [2.05, 4.69) is 26.5 Å². The van der Waals surface area contributed by atoms with Gasteiger partial charge in [0.1, 0.15) is 5.75 Å². The summed E-state index contributed by atoms with van der Waals surface area (Å²) in [5, 5.41) is 14.6. The normalized spacial score (nSPS) is 10.6. The molecule has 0 aliphatic heterocycles. The lowest BCUT2D eigenvalue weighted by molar-refractivity contribution is -0.385. The molecule has 0 fully saturated rings. The van der Waals surface area contributed by atoms with Gasteiger partial charge in [0, 0.05) is 10.5 Å². The van der Waals surface area contributed by atoms with Crippen molar-refractivity contribution in [2.24, 2.45) is 5.10 Å². The van der Waals surface area contributed by atoms with Gasteiger partial charge in [0.05, 0.1) is 16.7 Å². The number of carbonyl (C=O) groups is 1. The highest BCUT2D eigenvalue weighted by Crippen LogP contribution is 2.22. The number of benzene rings is 2. The Labute approximate surface area is 146 Å². The van der Waals surface area contributed by atoms with Crippen LogP contribution in [0, 0.1) is 17.0 Å². The standard InChI is InChI=1S/C16H14BrN3O4/c1-11-8-13(17)6-7-15(11)24-10-16(21)19-18-9-12-4-2-3-5-14(12)20(22)23/h2-9H,10H2,1H3,(H,19,21). The molecule has 0 aromatic heterocycles. The summed E-state index contributed by atoms with van der Waals surface area (Å²) in [6, 6.07) is 11.5. The van der Waals surface area contributed by atoms with Gasteiger partial charge < -0.3 is 4.74 Å². The number of hydrogen-bond donors (Lipinski definition) is 1. The average molecular weight is 392 g/mol. The molecule has 2 aromatic rings. The number of nitrogens with one attached hydrogen (secondary N) is 1. The highest BCUT2D eigenvalue weighted by Gasteiger charge is 2.10. The molecule has 0 spiro atoms. The number of halogens is 1. The van der Waals surface area contributed by atoms with Crippen molar-refractivity contribution in [1.82, 2.24) is 5.43 Å². The SMILES string of the molecule is Cc1cc(Br)ccc1OCC(=O)NN=Cc1ccccc1[N+](=O)[O-]. The third-order valence-corrected chi connectivity index (χ3v) is 3.52. The molecule has 1 amide bonds. The Morgan fingerprint density at radius 3 is 2.83 bits per heavy atom. The molecule has 124 valence electrons. The summed E-state index contributed by atoms with van der Waals surface area (Å²) in [5.41, 5.74) is 3.37. The van der Waals surface area contributed by atoms with Crippen LogP contribution in [0.5, 0.6) is 5.75 Å². The van der Waals surface area contributed by atoms with E-state index >= 15 is 0 Å². The van der Waals surface area contributed by atoms with Crippen LogP contribution in [0.2, 0.25) is 0 Å². The summed E-state index contributed by atoms with van der Waals surface area (Å²) in [4.78, 5) is 22.1. The smallest absolute Gasteiger partial charge is 0.278 e. The van der Waals surface area contributed by atoms with Crippen LogP contribution >= 0.6 is 15.9 Å². The van der Waals surface area contributed by atoms with Gasteiger partial charge in [-0.2, -0.15) is 5.10 Å². The number of amides is 1. The highest BCUT2D eigenvalue weighted by atomic mass is 79.9. The fourth-order valence-electron chi connectivity index (χ4n) is 1.89. The van der Waals surface area contributed by atoms with Crippen molar-refractivity contribution >= 4 is 33.7 Å². The van der Waals surface area contributed by atoms with Crippen molar-refractivity contribution in [3.63, 3.8) is 0 Å². The fourth-order valence-corrected chi connectivity index (χ4v) is 2.36. The van der Waals surface area contributed by atoms with E-state index in [1.165, 1.54) is 18.3 Å². The van der Waals surface area contributed by atoms with Crippen molar-refractivity contribution in [3.05, 3.63) is 68.2 Å². The summed E-state index contributed by atoms with van der Waals surface area (Å²) >= 11 is 3.35. The Balaban J connectivity index is 1.90. The first-order valence-electron chi connectivity index (χ1n) is 6.91. The molecular weight excluding hydrogens is 378 g/mol. The lowest BCUT2D eigenvalue weighted by Crippen LogP contribution is -2.24. The predicted octanol–water partition coefficient (Wildman–Crippen LogP) is 3.19. The fraction of sp³-hybridized carbons (Fsp3) is 0.125. The van der Waals surface area contributed by atoms with Crippen LogP contribution < -0.4 is 10.2 Å². The van der Waals surface area contributed by atoms with E-state index in [9.17, 15) is 14.9 Å². The molecule has 0 atom stereocenters. The minimum Gasteiger partial charge on any atom is -0.483 e. The van der Waals surface area contributed by atoms with Crippen molar-refractivity contribution in [1.29, 1.82) is 0 Å². The van der Waals surface area contributed by atoms with Gasteiger partial charge >= 0.3 is 0 Å². The van der Waals surface area contributed by atoms with E-state index in [4.69, 9.17) is 4.74 Å². The molecule has 7 nitrogen and oxygen atoms in total. The first-order valence-corrected chi connectivity index (χ1v) is 7.71. The second-order valence-electron chi connectivity index (χ2n) is 4.81. The first kappa shape index (κ1) is 17.6. The number of nitro groups is 1. The maximum absolute atomic E-state index is 11.7. The molecule has 0 unspecified atom stereocenters. The Morgan fingerprint density at radius 1 is 1.38 bits per heavy atom. The molecule has 0 saturated heterocycles. The van der Waals surface area contributed by atoms with Gasteiger partial charge in [-0.15, -0.1) is 0 Å². The molecule has 8 heteroatoms. The summed E-state index contributed by atoms with van der Waals surface area (Å²) in [6.07, 6.45) is 1.22. The minimum atomic E-state index is -0.511. The quantitative estimate of drug-likeness (QED) is 0.464. The van der Waals surface area contributed by atoms with Crippen LogP contribution in [0.15, 0.2) is 52.0 Å². The molecule has 0 bridgehead atoms. The van der Waals surface area contributed by atoms with Gasteiger partial charge in [0.25, 0.3) is 11.6 Å². The molecule has 0 heterocycles. The Kier molecular flexibility index (Phi) is 6.02. The van der Waals surface area contributed by atoms with Gasteiger partial charge in [-0.3, -0.25) is 14.9 Å². The van der Waals surface area contributed by atoms with Crippen molar-refractivity contribution in [2.45, 2.75) is 6.92 Å². The maximum Gasteiger partial charge on any atom is 0.278 e. The van der Waals surface area contributed by atoms with E-state index in [1.54, 1.807) is 18.2 Å². The van der Waals surface area contributed by atoms with Gasteiger partial charge in [0.15, 0.2) is 6.61 Å². The third kappa shape index (κ3) is 4.88. The second kappa shape index (κ2) is 8.21.